The second-order valence-electron chi connectivity index (χ2n) is 6.46. The van der Waals surface area contributed by atoms with E-state index in [-0.39, 0.29) is 11.5 Å². The minimum Gasteiger partial charge on any atom is -0.378 e. The molecule has 0 atom stereocenters. The molecule has 0 unspecified atom stereocenters. The van der Waals surface area contributed by atoms with Crippen LogP contribution >= 0.6 is 23.1 Å². The van der Waals surface area contributed by atoms with Gasteiger partial charge in [-0.15, -0.1) is 23.1 Å². The van der Waals surface area contributed by atoms with Crippen LogP contribution in [0.3, 0.4) is 0 Å². The summed E-state index contributed by atoms with van der Waals surface area (Å²) < 4.78 is 0. The standard InChI is InChI=1S/C19H22N4O2S2/c1-11-12(2)27-19-17(11)18(25)21-15(22-19)9-26-10-16(24)20-13-5-7-14(8-6-13)23(3)4/h5-8H,9-10H2,1-4H3,(H,20,24)(H,21,22,25). The van der Waals surface area contributed by atoms with Gasteiger partial charge in [-0.05, 0) is 43.7 Å². The lowest BCUT2D eigenvalue weighted by atomic mass is 10.2. The van der Waals surface area contributed by atoms with E-state index in [4.69, 9.17) is 0 Å². The van der Waals surface area contributed by atoms with E-state index in [9.17, 15) is 9.59 Å². The second kappa shape index (κ2) is 8.14. The van der Waals surface area contributed by atoms with Crippen LogP contribution in [0.25, 0.3) is 10.2 Å². The molecule has 2 aromatic heterocycles. The van der Waals surface area contributed by atoms with E-state index >= 15 is 0 Å². The molecule has 27 heavy (non-hydrogen) atoms. The van der Waals surface area contributed by atoms with Gasteiger partial charge in [-0.2, -0.15) is 0 Å². The highest BCUT2D eigenvalue weighted by Crippen LogP contribution is 2.26. The summed E-state index contributed by atoms with van der Waals surface area (Å²) in [5.74, 6) is 1.29. The number of hydrogen-bond acceptors (Lipinski definition) is 6. The van der Waals surface area contributed by atoms with Crippen molar-refractivity contribution < 1.29 is 4.79 Å². The zero-order valence-corrected chi connectivity index (χ0v) is 17.4. The van der Waals surface area contributed by atoms with E-state index in [0.29, 0.717) is 22.7 Å². The number of aromatic nitrogens is 2. The average Bonchev–Trinajstić information content (AvgIpc) is 2.90. The van der Waals surface area contributed by atoms with Crippen molar-refractivity contribution in [3.63, 3.8) is 0 Å². The first-order valence-corrected chi connectivity index (χ1v) is 10.5. The van der Waals surface area contributed by atoms with Crippen LogP contribution in [0.5, 0.6) is 0 Å². The van der Waals surface area contributed by atoms with Crippen molar-refractivity contribution in [1.29, 1.82) is 0 Å². The fraction of sp³-hybridized carbons (Fsp3) is 0.316. The Bertz CT molecular complexity index is 1020. The molecule has 0 spiro atoms. The maximum absolute atomic E-state index is 12.3. The average molecular weight is 403 g/mol. The van der Waals surface area contributed by atoms with E-state index in [2.05, 4.69) is 15.3 Å². The third-order valence-electron chi connectivity index (χ3n) is 4.23. The molecule has 0 fully saturated rings. The number of fused-ring (bicyclic) bond motifs is 1. The Morgan fingerprint density at radius 2 is 1.96 bits per heavy atom. The number of rotatable bonds is 6. The molecule has 0 aliphatic rings. The lowest BCUT2D eigenvalue weighted by Crippen LogP contribution is -2.15. The van der Waals surface area contributed by atoms with Crippen LogP contribution < -0.4 is 15.8 Å². The number of thioether (sulfide) groups is 1. The molecule has 0 aliphatic carbocycles. The van der Waals surface area contributed by atoms with Crippen molar-refractivity contribution in [1.82, 2.24) is 9.97 Å². The van der Waals surface area contributed by atoms with Gasteiger partial charge in [0.05, 0.1) is 16.9 Å². The largest absolute Gasteiger partial charge is 0.378 e. The molecule has 0 aliphatic heterocycles. The van der Waals surface area contributed by atoms with Gasteiger partial charge >= 0.3 is 0 Å². The Labute approximate surface area is 166 Å². The summed E-state index contributed by atoms with van der Waals surface area (Å²) in [4.78, 5) is 35.6. The zero-order valence-electron chi connectivity index (χ0n) is 15.8. The van der Waals surface area contributed by atoms with Crippen LogP contribution in [-0.2, 0) is 10.5 Å². The lowest BCUT2D eigenvalue weighted by molar-refractivity contribution is -0.113. The Hall–Kier alpha value is -2.32. The highest BCUT2D eigenvalue weighted by molar-refractivity contribution is 7.99. The van der Waals surface area contributed by atoms with Crippen molar-refractivity contribution in [3.8, 4) is 0 Å². The molecule has 0 saturated heterocycles. The first-order valence-electron chi connectivity index (χ1n) is 8.49. The summed E-state index contributed by atoms with van der Waals surface area (Å²) >= 11 is 2.95. The summed E-state index contributed by atoms with van der Waals surface area (Å²) in [6.45, 7) is 3.93. The monoisotopic (exact) mass is 402 g/mol. The molecular weight excluding hydrogens is 380 g/mol. The summed E-state index contributed by atoms with van der Waals surface area (Å²) in [6.07, 6.45) is 0. The number of amides is 1. The van der Waals surface area contributed by atoms with Gasteiger partial charge in [-0.25, -0.2) is 4.98 Å². The molecule has 2 N–H and O–H groups in total. The number of thiophene rings is 1. The molecule has 1 amide bonds. The molecule has 0 radical (unpaired) electrons. The quantitative estimate of drug-likeness (QED) is 0.659. The number of carbonyl (C=O) groups excluding carboxylic acids is 1. The van der Waals surface area contributed by atoms with Gasteiger partial charge in [-0.3, -0.25) is 9.59 Å². The highest BCUT2D eigenvalue weighted by Gasteiger charge is 2.12. The third kappa shape index (κ3) is 4.51. The normalized spacial score (nSPS) is 11.0. The Morgan fingerprint density at radius 3 is 2.63 bits per heavy atom. The summed E-state index contributed by atoms with van der Waals surface area (Å²) in [7, 11) is 3.94. The van der Waals surface area contributed by atoms with Crippen LogP contribution in [0, 0.1) is 13.8 Å². The number of H-pyrrole nitrogens is 1. The van der Waals surface area contributed by atoms with Crippen molar-refractivity contribution in [2.75, 3.05) is 30.1 Å². The lowest BCUT2D eigenvalue weighted by Gasteiger charge is -2.13. The van der Waals surface area contributed by atoms with E-state index in [1.165, 1.54) is 23.1 Å². The molecular formula is C19H22N4O2S2. The number of benzene rings is 1. The van der Waals surface area contributed by atoms with Gasteiger partial charge in [0.25, 0.3) is 5.56 Å². The predicted octanol–water partition coefficient (Wildman–Crippen LogP) is 3.54. The molecule has 2 heterocycles. The molecule has 142 valence electrons. The SMILES string of the molecule is Cc1sc2nc(CSCC(=O)Nc3ccc(N(C)C)cc3)[nH]c(=O)c2c1C. The molecule has 1 aromatic carbocycles. The van der Waals surface area contributed by atoms with Crippen molar-refractivity contribution >= 4 is 50.6 Å². The van der Waals surface area contributed by atoms with Crippen molar-refractivity contribution in [2.45, 2.75) is 19.6 Å². The van der Waals surface area contributed by atoms with Crippen molar-refractivity contribution in [2.24, 2.45) is 0 Å². The molecule has 6 nitrogen and oxygen atoms in total. The number of anilines is 2. The molecule has 8 heteroatoms. The Morgan fingerprint density at radius 1 is 1.26 bits per heavy atom. The number of aromatic amines is 1. The van der Waals surface area contributed by atoms with Crippen LogP contribution in [0.1, 0.15) is 16.3 Å². The zero-order chi connectivity index (χ0) is 19.6. The first kappa shape index (κ1) is 19.4. The smallest absolute Gasteiger partial charge is 0.259 e. The number of nitrogens with one attached hydrogen (secondary N) is 2. The maximum atomic E-state index is 12.3. The van der Waals surface area contributed by atoms with Crippen molar-refractivity contribution in [3.05, 3.63) is 50.9 Å². The van der Waals surface area contributed by atoms with Gasteiger partial charge in [0, 0.05) is 30.3 Å². The van der Waals surface area contributed by atoms with Gasteiger partial charge in [-0.1, -0.05) is 0 Å². The van der Waals surface area contributed by atoms with Crippen LogP contribution in [0.2, 0.25) is 0 Å². The van der Waals surface area contributed by atoms with Crippen LogP contribution in [0.4, 0.5) is 11.4 Å². The van der Waals surface area contributed by atoms with Crippen LogP contribution in [0.15, 0.2) is 29.1 Å². The minimum atomic E-state index is -0.108. The van der Waals surface area contributed by atoms with Crippen LogP contribution in [-0.4, -0.2) is 35.7 Å². The van der Waals surface area contributed by atoms with E-state index in [1.54, 1.807) is 0 Å². The summed E-state index contributed by atoms with van der Waals surface area (Å²) in [6, 6.07) is 7.67. The number of hydrogen-bond donors (Lipinski definition) is 2. The molecule has 0 saturated carbocycles. The first-order chi connectivity index (χ1) is 12.8. The second-order valence-corrected chi connectivity index (χ2v) is 8.65. The van der Waals surface area contributed by atoms with Gasteiger partial charge < -0.3 is 15.2 Å². The molecule has 3 rings (SSSR count). The Kier molecular flexibility index (Phi) is 5.86. The highest BCUT2D eigenvalue weighted by atomic mass is 32.2. The minimum absolute atomic E-state index is 0.0798. The molecule has 3 aromatic rings. The fourth-order valence-corrected chi connectivity index (χ4v) is 4.39. The Balaban J connectivity index is 1.57. The van der Waals surface area contributed by atoms with Gasteiger partial charge in [0.15, 0.2) is 0 Å². The summed E-state index contributed by atoms with van der Waals surface area (Å²) in [5.41, 5.74) is 2.72. The molecule has 0 bridgehead atoms. The van der Waals surface area contributed by atoms with Gasteiger partial charge in [0.1, 0.15) is 10.7 Å². The van der Waals surface area contributed by atoms with E-state index in [1.807, 2.05) is 57.1 Å². The number of nitrogens with zero attached hydrogens (tertiary/aromatic N) is 2. The predicted molar refractivity (Wildman–Crippen MR) is 115 cm³/mol. The summed E-state index contributed by atoms with van der Waals surface area (Å²) in [5, 5.41) is 3.55. The maximum Gasteiger partial charge on any atom is 0.259 e. The van der Waals surface area contributed by atoms with E-state index < -0.39 is 0 Å². The number of carbonyl (C=O) groups is 1. The number of aryl methyl sites for hydroxylation is 2. The van der Waals surface area contributed by atoms with E-state index in [0.717, 1.165) is 26.6 Å². The third-order valence-corrected chi connectivity index (χ3v) is 6.27. The topological polar surface area (TPSA) is 78.1 Å². The fourth-order valence-electron chi connectivity index (χ4n) is 2.65. The van der Waals surface area contributed by atoms with Gasteiger partial charge in [0.2, 0.25) is 5.91 Å².